The molecule has 0 radical (unpaired) electrons. The Morgan fingerprint density at radius 3 is 2.52 bits per heavy atom. The maximum atomic E-state index is 13.3. The van der Waals surface area contributed by atoms with Crippen LogP contribution in [0.2, 0.25) is 0 Å². The van der Waals surface area contributed by atoms with Crippen molar-refractivity contribution in [1.82, 2.24) is 15.2 Å². The molecule has 3 atom stereocenters. The first-order chi connectivity index (χ1) is 12.8. The SMILES string of the molecule is O=C(N[C@@H]1[C@@H]2CN(CC(F)(F)F)C[C@@H]21)c1ccc(-c2cccc(F)c2)nc1. The summed E-state index contributed by atoms with van der Waals surface area (Å²) in [5.74, 6) is -0.502. The zero-order chi connectivity index (χ0) is 19.2. The zero-order valence-corrected chi connectivity index (χ0v) is 14.2. The van der Waals surface area contributed by atoms with Gasteiger partial charge in [0.05, 0.1) is 17.8 Å². The second-order valence-corrected chi connectivity index (χ2v) is 7.08. The number of alkyl halides is 3. The van der Waals surface area contributed by atoms with Crippen LogP contribution in [0.5, 0.6) is 0 Å². The van der Waals surface area contributed by atoms with Crippen molar-refractivity contribution >= 4 is 5.91 Å². The van der Waals surface area contributed by atoms with Crippen molar-refractivity contribution in [3.63, 3.8) is 0 Å². The molecular formula is C19H17F4N3O. The first-order valence-electron chi connectivity index (χ1n) is 8.62. The van der Waals surface area contributed by atoms with E-state index in [2.05, 4.69) is 10.3 Å². The monoisotopic (exact) mass is 379 g/mol. The summed E-state index contributed by atoms with van der Waals surface area (Å²) in [5.41, 5.74) is 1.54. The van der Waals surface area contributed by atoms with E-state index in [9.17, 15) is 22.4 Å². The maximum Gasteiger partial charge on any atom is 0.401 e. The summed E-state index contributed by atoms with van der Waals surface area (Å²) in [4.78, 5) is 17.9. The van der Waals surface area contributed by atoms with Crippen LogP contribution < -0.4 is 5.32 Å². The average molecular weight is 379 g/mol. The van der Waals surface area contributed by atoms with Gasteiger partial charge in [0.1, 0.15) is 5.82 Å². The predicted molar refractivity (Wildman–Crippen MR) is 90.4 cm³/mol. The number of carbonyl (C=O) groups excluding carboxylic acids is 1. The van der Waals surface area contributed by atoms with Gasteiger partial charge in [0, 0.05) is 30.9 Å². The third-order valence-electron chi connectivity index (χ3n) is 5.12. The fraction of sp³-hybridized carbons (Fsp3) is 0.368. The van der Waals surface area contributed by atoms with E-state index in [1.165, 1.54) is 23.2 Å². The molecule has 4 nitrogen and oxygen atoms in total. The molecule has 2 heterocycles. The van der Waals surface area contributed by atoms with Crippen LogP contribution in [0, 0.1) is 17.7 Å². The Labute approximate surface area is 153 Å². The van der Waals surface area contributed by atoms with Gasteiger partial charge in [-0.15, -0.1) is 0 Å². The molecule has 4 rings (SSSR count). The summed E-state index contributed by atoms with van der Waals surface area (Å²) in [6.45, 7) is -0.191. The highest BCUT2D eigenvalue weighted by Crippen LogP contribution is 2.46. The number of hydrogen-bond acceptors (Lipinski definition) is 3. The van der Waals surface area contributed by atoms with E-state index in [1.807, 2.05) is 0 Å². The highest BCUT2D eigenvalue weighted by molar-refractivity contribution is 5.94. The van der Waals surface area contributed by atoms with Gasteiger partial charge in [0.25, 0.3) is 5.91 Å². The van der Waals surface area contributed by atoms with Gasteiger partial charge >= 0.3 is 6.18 Å². The van der Waals surface area contributed by atoms with Gasteiger partial charge in [-0.25, -0.2) is 4.39 Å². The number of nitrogens with zero attached hydrogens (tertiary/aromatic N) is 2. The Balaban J connectivity index is 1.33. The van der Waals surface area contributed by atoms with Crippen LogP contribution in [0.3, 0.4) is 0 Å². The van der Waals surface area contributed by atoms with Crippen LogP contribution in [-0.4, -0.2) is 47.6 Å². The molecule has 1 saturated carbocycles. The minimum atomic E-state index is -4.19. The average Bonchev–Trinajstić information content (AvgIpc) is 3.05. The van der Waals surface area contributed by atoms with Gasteiger partial charge in [-0.3, -0.25) is 14.7 Å². The van der Waals surface area contributed by atoms with Crippen molar-refractivity contribution in [3.8, 4) is 11.3 Å². The molecule has 2 fully saturated rings. The molecule has 1 aliphatic heterocycles. The smallest absolute Gasteiger partial charge is 0.349 e. The lowest BCUT2D eigenvalue weighted by molar-refractivity contribution is -0.144. The van der Waals surface area contributed by atoms with Gasteiger partial charge in [0.2, 0.25) is 0 Å². The van der Waals surface area contributed by atoms with E-state index < -0.39 is 12.7 Å². The van der Waals surface area contributed by atoms with Crippen molar-refractivity contribution in [2.75, 3.05) is 19.6 Å². The number of hydrogen-bond donors (Lipinski definition) is 1. The molecule has 1 N–H and O–H groups in total. The van der Waals surface area contributed by atoms with Gasteiger partial charge in [-0.1, -0.05) is 12.1 Å². The number of benzene rings is 1. The van der Waals surface area contributed by atoms with Crippen molar-refractivity contribution in [2.45, 2.75) is 12.2 Å². The number of amides is 1. The lowest BCUT2D eigenvalue weighted by Crippen LogP contribution is -2.38. The van der Waals surface area contributed by atoms with Crippen LogP contribution in [0.25, 0.3) is 11.3 Å². The molecule has 1 aromatic heterocycles. The minimum absolute atomic E-state index is 0.0788. The number of piperidine rings is 1. The van der Waals surface area contributed by atoms with Gasteiger partial charge in [-0.2, -0.15) is 13.2 Å². The number of aromatic nitrogens is 1. The number of halogens is 4. The van der Waals surface area contributed by atoms with Crippen molar-refractivity contribution < 1.29 is 22.4 Å². The van der Waals surface area contributed by atoms with E-state index in [1.54, 1.807) is 24.3 Å². The highest BCUT2D eigenvalue weighted by Gasteiger charge is 2.57. The largest absolute Gasteiger partial charge is 0.401 e. The summed E-state index contributed by atoms with van der Waals surface area (Å²) in [7, 11) is 0. The first-order valence-corrected chi connectivity index (χ1v) is 8.62. The van der Waals surface area contributed by atoms with Crippen LogP contribution in [0.4, 0.5) is 17.6 Å². The molecule has 2 aliphatic rings. The number of rotatable bonds is 4. The van der Waals surface area contributed by atoms with Crippen LogP contribution in [-0.2, 0) is 0 Å². The van der Waals surface area contributed by atoms with Crippen molar-refractivity contribution in [1.29, 1.82) is 0 Å². The van der Waals surface area contributed by atoms with E-state index >= 15 is 0 Å². The topological polar surface area (TPSA) is 45.2 Å². The Morgan fingerprint density at radius 2 is 1.93 bits per heavy atom. The molecule has 2 aromatic rings. The summed E-state index contributed by atoms with van der Waals surface area (Å²) < 4.78 is 50.5. The Hall–Kier alpha value is -2.48. The number of likely N-dealkylation sites (tertiary alicyclic amines) is 1. The second-order valence-electron chi connectivity index (χ2n) is 7.08. The van der Waals surface area contributed by atoms with Gasteiger partial charge in [0.15, 0.2) is 0 Å². The molecule has 1 aromatic carbocycles. The van der Waals surface area contributed by atoms with Crippen LogP contribution in [0.15, 0.2) is 42.6 Å². The van der Waals surface area contributed by atoms with Crippen LogP contribution >= 0.6 is 0 Å². The third-order valence-corrected chi connectivity index (χ3v) is 5.12. The van der Waals surface area contributed by atoms with Crippen molar-refractivity contribution in [3.05, 3.63) is 54.0 Å². The van der Waals surface area contributed by atoms with Crippen LogP contribution in [0.1, 0.15) is 10.4 Å². The quantitative estimate of drug-likeness (QED) is 0.831. The molecule has 8 heteroatoms. The summed E-state index contributed by atoms with van der Waals surface area (Å²) in [6.07, 6.45) is -2.77. The fourth-order valence-corrected chi connectivity index (χ4v) is 3.79. The van der Waals surface area contributed by atoms with Crippen molar-refractivity contribution in [2.24, 2.45) is 11.8 Å². The van der Waals surface area contributed by atoms with E-state index in [0.717, 1.165) is 0 Å². The van der Waals surface area contributed by atoms with Gasteiger partial charge in [-0.05, 0) is 36.1 Å². The number of fused-ring (bicyclic) bond motifs is 1. The number of nitrogens with one attached hydrogen (secondary N) is 1. The molecule has 1 saturated heterocycles. The Morgan fingerprint density at radius 1 is 1.19 bits per heavy atom. The third kappa shape index (κ3) is 3.95. The first kappa shape index (κ1) is 17.9. The number of carbonyl (C=O) groups is 1. The lowest BCUT2D eigenvalue weighted by atomic mass is 10.1. The van der Waals surface area contributed by atoms with Gasteiger partial charge < -0.3 is 5.32 Å². The zero-order valence-electron chi connectivity index (χ0n) is 14.2. The number of pyridine rings is 1. The fourth-order valence-electron chi connectivity index (χ4n) is 3.79. The Kier molecular flexibility index (Phi) is 4.38. The maximum absolute atomic E-state index is 13.3. The summed E-state index contributed by atoms with van der Waals surface area (Å²) in [5, 5.41) is 2.88. The summed E-state index contributed by atoms with van der Waals surface area (Å²) >= 11 is 0. The summed E-state index contributed by atoms with van der Waals surface area (Å²) in [6, 6.07) is 9.18. The molecule has 1 aliphatic carbocycles. The normalized spacial score (nSPS) is 24.5. The molecule has 1 amide bonds. The van der Waals surface area contributed by atoms with E-state index in [0.29, 0.717) is 29.9 Å². The molecule has 0 unspecified atom stereocenters. The lowest BCUT2D eigenvalue weighted by Gasteiger charge is -2.21. The molecule has 27 heavy (non-hydrogen) atoms. The second kappa shape index (κ2) is 6.60. The highest BCUT2D eigenvalue weighted by atomic mass is 19.4. The molecule has 142 valence electrons. The van der Waals surface area contributed by atoms with E-state index in [4.69, 9.17) is 0 Å². The standard InChI is InChI=1S/C19H17F4N3O/c20-13-3-1-2-11(6-13)16-5-4-12(7-24-16)18(27)25-17-14-8-26(9-15(14)17)10-19(21,22)23/h1-7,14-15,17H,8-10H2,(H,25,27)/t14-,15+,17-. The predicted octanol–water partition coefficient (Wildman–Crippen LogP) is 3.11. The molecular weight excluding hydrogens is 362 g/mol. The Bertz CT molecular complexity index is 841. The molecule has 0 bridgehead atoms. The van der Waals surface area contributed by atoms with E-state index in [-0.39, 0.29) is 29.6 Å². The minimum Gasteiger partial charge on any atom is -0.349 e. The molecule has 0 spiro atoms.